The van der Waals surface area contributed by atoms with Gasteiger partial charge in [-0.25, -0.2) is 8.42 Å². The van der Waals surface area contributed by atoms with Crippen LogP contribution < -0.4 is 14.2 Å². The molecule has 1 fully saturated rings. The Morgan fingerprint density at radius 2 is 1.44 bits per heavy atom. The van der Waals surface area contributed by atoms with Gasteiger partial charge in [0, 0.05) is 13.1 Å². The van der Waals surface area contributed by atoms with E-state index in [4.69, 9.17) is 14.2 Å². The molecule has 0 radical (unpaired) electrons. The lowest BCUT2D eigenvalue weighted by atomic mass is 10.1. The van der Waals surface area contributed by atoms with E-state index in [1.54, 1.807) is 39.3 Å². The molecule has 6 nitrogen and oxygen atoms in total. The van der Waals surface area contributed by atoms with E-state index < -0.39 is 10.0 Å². The van der Waals surface area contributed by atoms with Crippen LogP contribution in [0, 0.1) is 6.92 Å². The molecule has 0 amide bonds. The van der Waals surface area contributed by atoms with Crippen LogP contribution in [0.2, 0.25) is 0 Å². The van der Waals surface area contributed by atoms with E-state index >= 15 is 0 Å². The van der Waals surface area contributed by atoms with Crippen LogP contribution in [0.4, 0.5) is 0 Å². The summed E-state index contributed by atoms with van der Waals surface area (Å²) in [5.74, 6) is 2.19. The highest BCUT2D eigenvalue weighted by molar-refractivity contribution is 7.89. The van der Waals surface area contributed by atoms with Crippen molar-refractivity contribution in [3.05, 3.63) is 48.0 Å². The molecule has 7 heteroatoms. The third kappa shape index (κ3) is 4.36. The Labute approximate surface area is 160 Å². The molecule has 27 heavy (non-hydrogen) atoms. The van der Waals surface area contributed by atoms with Gasteiger partial charge in [0.05, 0.1) is 19.1 Å². The second kappa shape index (κ2) is 8.19. The first kappa shape index (κ1) is 19.5. The first-order valence-corrected chi connectivity index (χ1v) is 10.3. The highest BCUT2D eigenvalue weighted by atomic mass is 32.2. The van der Waals surface area contributed by atoms with Crippen LogP contribution in [0.5, 0.6) is 17.2 Å². The van der Waals surface area contributed by atoms with Crippen molar-refractivity contribution >= 4 is 10.0 Å². The molecule has 3 rings (SSSR count). The van der Waals surface area contributed by atoms with Crippen LogP contribution in [0.25, 0.3) is 0 Å². The molecule has 1 heterocycles. The van der Waals surface area contributed by atoms with Gasteiger partial charge in [-0.15, -0.1) is 0 Å². The minimum absolute atomic E-state index is 0.00168. The van der Waals surface area contributed by atoms with E-state index in [9.17, 15) is 8.42 Å². The fourth-order valence-corrected chi connectivity index (χ4v) is 4.89. The van der Waals surface area contributed by atoms with E-state index in [-0.39, 0.29) is 6.10 Å². The quantitative estimate of drug-likeness (QED) is 0.756. The third-order valence-corrected chi connectivity index (χ3v) is 6.82. The first-order chi connectivity index (χ1) is 12.9. The summed E-state index contributed by atoms with van der Waals surface area (Å²) >= 11 is 0. The second-order valence-corrected chi connectivity index (χ2v) is 8.43. The Kier molecular flexibility index (Phi) is 5.92. The van der Waals surface area contributed by atoms with Crippen molar-refractivity contribution < 1.29 is 22.6 Å². The van der Waals surface area contributed by atoms with Crippen LogP contribution in [-0.2, 0) is 10.0 Å². The molecule has 0 aliphatic carbocycles. The summed E-state index contributed by atoms with van der Waals surface area (Å²) < 4.78 is 43.8. The van der Waals surface area contributed by atoms with Crippen LogP contribution >= 0.6 is 0 Å². The van der Waals surface area contributed by atoms with Crippen molar-refractivity contribution in [3.8, 4) is 17.2 Å². The minimum Gasteiger partial charge on any atom is -0.497 e. The minimum atomic E-state index is -3.52. The molecule has 0 bridgehead atoms. The van der Waals surface area contributed by atoms with Crippen molar-refractivity contribution in [2.75, 3.05) is 27.3 Å². The molecule has 0 spiro atoms. The van der Waals surface area contributed by atoms with Gasteiger partial charge >= 0.3 is 0 Å². The van der Waals surface area contributed by atoms with Gasteiger partial charge in [0.25, 0.3) is 0 Å². The van der Waals surface area contributed by atoms with Gasteiger partial charge in [-0.1, -0.05) is 0 Å². The van der Waals surface area contributed by atoms with Crippen molar-refractivity contribution in [1.82, 2.24) is 4.31 Å². The van der Waals surface area contributed by atoms with E-state index in [0.717, 1.165) is 11.5 Å². The summed E-state index contributed by atoms with van der Waals surface area (Å²) in [6.45, 7) is 2.66. The molecule has 2 aromatic carbocycles. The van der Waals surface area contributed by atoms with Gasteiger partial charge in [-0.05, 0) is 67.8 Å². The number of benzene rings is 2. The number of methoxy groups -OCH3 is 2. The fourth-order valence-electron chi connectivity index (χ4n) is 3.21. The monoisotopic (exact) mass is 391 g/mol. The number of rotatable bonds is 6. The Hall–Kier alpha value is -2.25. The zero-order chi connectivity index (χ0) is 19.4. The molecule has 1 saturated heterocycles. The van der Waals surface area contributed by atoms with Crippen molar-refractivity contribution in [2.24, 2.45) is 0 Å². The molecular formula is C20H25NO5S. The molecule has 0 unspecified atom stereocenters. The number of nitrogens with zero attached hydrogens (tertiary/aromatic N) is 1. The number of hydrogen-bond acceptors (Lipinski definition) is 5. The lowest BCUT2D eigenvalue weighted by Crippen LogP contribution is -2.41. The van der Waals surface area contributed by atoms with Crippen molar-refractivity contribution in [2.45, 2.75) is 30.8 Å². The fraction of sp³-hybridized carbons (Fsp3) is 0.400. The number of ether oxygens (including phenoxy) is 3. The maximum atomic E-state index is 13.0. The van der Waals surface area contributed by atoms with Crippen LogP contribution in [0.1, 0.15) is 18.4 Å². The predicted molar refractivity (Wildman–Crippen MR) is 103 cm³/mol. The van der Waals surface area contributed by atoms with Gasteiger partial charge in [-0.3, -0.25) is 0 Å². The van der Waals surface area contributed by atoms with Gasteiger partial charge in [0.1, 0.15) is 23.4 Å². The van der Waals surface area contributed by atoms with Crippen molar-refractivity contribution in [1.29, 1.82) is 0 Å². The molecular weight excluding hydrogens is 366 g/mol. The number of piperidine rings is 1. The Morgan fingerprint density at radius 1 is 0.889 bits per heavy atom. The summed E-state index contributed by atoms with van der Waals surface area (Å²) in [6.07, 6.45) is 1.31. The largest absolute Gasteiger partial charge is 0.497 e. The zero-order valence-electron chi connectivity index (χ0n) is 15.8. The van der Waals surface area contributed by atoms with Crippen LogP contribution in [0.15, 0.2) is 47.4 Å². The van der Waals surface area contributed by atoms with Gasteiger partial charge < -0.3 is 14.2 Å². The van der Waals surface area contributed by atoms with Crippen LogP contribution in [0.3, 0.4) is 0 Å². The van der Waals surface area contributed by atoms with Crippen LogP contribution in [-0.4, -0.2) is 46.1 Å². The SMILES string of the molecule is COc1ccc(OC2CCN(S(=O)(=O)c3ccc(OC)cc3C)CC2)cc1. The molecule has 0 atom stereocenters. The molecule has 0 saturated carbocycles. The number of aryl methyl sites for hydroxylation is 1. The standard InChI is InChI=1S/C20H25NO5S/c1-15-14-19(25-3)8-9-20(15)27(22,23)21-12-10-18(11-13-21)26-17-6-4-16(24-2)5-7-17/h4-9,14,18H,10-13H2,1-3H3. The summed E-state index contributed by atoms with van der Waals surface area (Å²) in [5.41, 5.74) is 0.686. The topological polar surface area (TPSA) is 65.1 Å². The van der Waals surface area contributed by atoms with Gasteiger partial charge in [-0.2, -0.15) is 4.31 Å². The summed E-state index contributed by atoms with van der Waals surface area (Å²) in [6, 6.07) is 12.5. The molecule has 2 aromatic rings. The van der Waals surface area contributed by atoms with E-state index in [1.165, 1.54) is 4.31 Å². The normalized spacial score (nSPS) is 16.1. The molecule has 146 valence electrons. The Balaban J connectivity index is 1.63. The Bertz CT molecular complexity index is 872. The van der Waals surface area contributed by atoms with E-state index in [0.29, 0.717) is 42.1 Å². The van der Waals surface area contributed by atoms with E-state index in [2.05, 4.69) is 0 Å². The third-order valence-electron chi connectivity index (χ3n) is 4.76. The Morgan fingerprint density at radius 3 is 2.00 bits per heavy atom. The summed E-state index contributed by atoms with van der Waals surface area (Å²) in [7, 11) is -0.330. The number of hydrogen-bond donors (Lipinski definition) is 0. The van der Waals surface area contributed by atoms with Crippen molar-refractivity contribution in [3.63, 3.8) is 0 Å². The maximum absolute atomic E-state index is 13.0. The molecule has 0 aromatic heterocycles. The second-order valence-electron chi connectivity index (χ2n) is 6.53. The van der Waals surface area contributed by atoms with Gasteiger partial charge in [0.15, 0.2) is 0 Å². The average Bonchev–Trinajstić information content (AvgIpc) is 2.68. The molecule has 1 aliphatic heterocycles. The number of sulfonamides is 1. The molecule has 0 N–H and O–H groups in total. The lowest BCUT2D eigenvalue weighted by Gasteiger charge is -2.31. The smallest absolute Gasteiger partial charge is 0.243 e. The molecule has 1 aliphatic rings. The highest BCUT2D eigenvalue weighted by Gasteiger charge is 2.31. The first-order valence-electron chi connectivity index (χ1n) is 8.89. The van der Waals surface area contributed by atoms with E-state index in [1.807, 2.05) is 24.3 Å². The average molecular weight is 391 g/mol. The summed E-state index contributed by atoms with van der Waals surface area (Å²) in [5, 5.41) is 0. The van der Waals surface area contributed by atoms with Gasteiger partial charge in [0.2, 0.25) is 10.0 Å². The lowest BCUT2D eigenvalue weighted by molar-refractivity contribution is 0.135. The zero-order valence-corrected chi connectivity index (χ0v) is 16.7. The highest BCUT2D eigenvalue weighted by Crippen LogP contribution is 2.28. The predicted octanol–water partition coefficient (Wildman–Crippen LogP) is 3.24. The summed E-state index contributed by atoms with van der Waals surface area (Å²) in [4.78, 5) is 0.331. The maximum Gasteiger partial charge on any atom is 0.243 e.